The van der Waals surface area contributed by atoms with E-state index in [9.17, 15) is 15.0 Å². The Kier molecular flexibility index (Phi) is 5.19. The number of ether oxygens (including phenoxy) is 1. The number of amides is 1. The summed E-state index contributed by atoms with van der Waals surface area (Å²) in [5, 5.41) is 23.0. The first kappa shape index (κ1) is 16.4. The number of aryl methyl sites for hydroxylation is 1. The Hall–Kier alpha value is -3.02. The second kappa shape index (κ2) is 7.31. The molecule has 6 nitrogen and oxygen atoms in total. The predicted octanol–water partition coefficient (Wildman–Crippen LogP) is 2.33. The quantitative estimate of drug-likeness (QED) is 0.449. The van der Waals surface area contributed by atoms with Gasteiger partial charge in [0.05, 0.1) is 5.71 Å². The average Bonchev–Trinajstić information content (AvgIpc) is 2.54. The van der Waals surface area contributed by atoms with Crippen molar-refractivity contribution in [2.24, 2.45) is 5.10 Å². The van der Waals surface area contributed by atoms with Gasteiger partial charge in [0, 0.05) is 5.56 Å². The third-order valence-electron chi connectivity index (χ3n) is 3.17. The van der Waals surface area contributed by atoms with Gasteiger partial charge in [0.25, 0.3) is 5.91 Å². The Balaban J connectivity index is 1.95. The fourth-order valence-electron chi connectivity index (χ4n) is 1.91. The van der Waals surface area contributed by atoms with Crippen LogP contribution in [0.5, 0.6) is 17.2 Å². The van der Waals surface area contributed by atoms with E-state index in [2.05, 4.69) is 10.5 Å². The number of hydrazone groups is 1. The number of nitrogens with zero attached hydrogens (tertiary/aromatic N) is 1. The summed E-state index contributed by atoms with van der Waals surface area (Å²) in [6, 6.07) is 11.5. The Bertz CT molecular complexity index is 741. The zero-order valence-electron chi connectivity index (χ0n) is 12.9. The lowest BCUT2D eigenvalue weighted by Gasteiger charge is -2.08. The molecule has 0 bridgehead atoms. The third-order valence-corrected chi connectivity index (χ3v) is 3.17. The summed E-state index contributed by atoms with van der Waals surface area (Å²) in [4.78, 5) is 11.8. The first-order valence-corrected chi connectivity index (χ1v) is 7.01. The van der Waals surface area contributed by atoms with Crippen molar-refractivity contribution >= 4 is 11.6 Å². The van der Waals surface area contributed by atoms with E-state index < -0.39 is 5.91 Å². The monoisotopic (exact) mass is 314 g/mol. The van der Waals surface area contributed by atoms with Crippen molar-refractivity contribution in [2.45, 2.75) is 13.8 Å². The summed E-state index contributed by atoms with van der Waals surface area (Å²) in [6.45, 7) is 3.32. The largest absolute Gasteiger partial charge is 0.508 e. The van der Waals surface area contributed by atoms with E-state index >= 15 is 0 Å². The molecule has 0 radical (unpaired) electrons. The van der Waals surface area contributed by atoms with E-state index in [-0.39, 0.29) is 18.1 Å². The van der Waals surface area contributed by atoms with E-state index in [1.165, 1.54) is 18.2 Å². The van der Waals surface area contributed by atoms with Gasteiger partial charge in [-0.05, 0) is 43.7 Å². The van der Waals surface area contributed by atoms with Crippen LogP contribution in [0.15, 0.2) is 47.6 Å². The highest BCUT2D eigenvalue weighted by Crippen LogP contribution is 2.22. The number of rotatable bonds is 5. The zero-order valence-corrected chi connectivity index (χ0v) is 12.9. The van der Waals surface area contributed by atoms with Gasteiger partial charge in [-0.3, -0.25) is 4.79 Å². The molecule has 2 rings (SSSR count). The SMILES string of the molecule is C/C(=N\NC(=O)COc1ccccc1C)c1cc(O)ccc1O. The van der Waals surface area contributed by atoms with Crippen LogP contribution in [-0.2, 0) is 4.79 Å². The van der Waals surface area contributed by atoms with Crippen LogP contribution in [0.4, 0.5) is 0 Å². The smallest absolute Gasteiger partial charge is 0.277 e. The molecule has 0 atom stereocenters. The number of benzene rings is 2. The molecule has 0 aromatic heterocycles. The fraction of sp³-hybridized carbons (Fsp3) is 0.176. The van der Waals surface area contributed by atoms with Gasteiger partial charge >= 0.3 is 0 Å². The number of aromatic hydroxyl groups is 2. The molecule has 3 N–H and O–H groups in total. The third kappa shape index (κ3) is 4.47. The van der Waals surface area contributed by atoms with Crippen LogP contribution >= 0.6 is 0 Å². The van der Waals surface area contributed by atoms with Crippen LogP contribution in [0.25, 0.3) is 0 Å². The maximum Gasteiger partial charge on any atom is 0.277 e. The van der Waals surface area contributed by atoms with E-state index in [0.717, 1.165) is 5.56 Å². The van der Waals surface area contributed by atoms with Crippen LogP contribution in [0, 0.1) is 6.92 Å². The van der Waals surface area contributed by atoms with Gasteiger partial charge < -0.3 is 14.9 Å². The second-order valence-electron chi connectivity index (χ2n) is 4.99. The number of carbonyl (C=O) groups is 1. The number of carbonyl (C=O) groups excluding carboxylic acids is 1. The molecule has 0 spiro atoms. The summed E-state index contributed by atoms with van der Waals surface area (Å²) in [5.41, 5.74) is 3.99. The van der Waals surface area contributed by atoms with Crippen molar-refractivity contribution < 1.29 is 19.7 Å². The first-order chi connectivity index (χ1) is 11.0. The molecule has 0 aliphatic carbocycles. The van der Waals surface area contributed by atoms with Gasteiger partial charge in [-0.25, -0.2) is 5.43 Å². The second-order valence-corrected chi connectivity index (χ2v) is 4.99. The molecule has 1 amide bonds. The van der Waals surface area contributed by atoms with Crippen LogP contribution in [-0.4, -0.2) is 28.4 Å². The summed E-state index contributed by atoms with van der Waals surface area (Å²) in [6.07, 6.45) is 0. The standard InChI is InChI=1S/C17H18N2O4/c1-11-5-3-4-6-16(11)23-10-17(22)19-18-12(2)14-9-13(20)7-8-15(14)21/h3-9,20-21H,10H2,1-2H3,(H,19,22)/b18-12+. The molecule has 0 aliphatic rings. The molecule has 0 saturated heterocycles. The molecule has 0 unspecified atom stereocenters. The number of nitrogens with one attached hydrogen (secondary N) is 1. The Morgan fingerprint density at radius 2 is 1.96 bits per heavy atom. The van der Waals surface area contributed by atoms with Crippen LogP contribution < -0.4 is 10.2 Å². The lowest BCUT2D eigenvalue weighted by molar-refractivity contribution is -0.123. The number of hydrogen-bond donors (Lipinski definition) is 3. The molecule has 23 heavy (non-hydrogen) atoms. The highest BCUT2D eigenvalue weighted by Gasteiger charge is 2.08. The van der Waals surface area contributed by atoms with Crippen molar-refractivity contribution in [1.82, 2.24) is 5.43 Å². The Labute approximate surface area is 134 Å². The van der Waals surface area contributed by atoms with E-state index in [1.807, 2.05) is 25.1 Å². The van der Waals surface area contributed by atoms with E-state index in [0.29, 0.717) is 17.0 Å². The molecule has 2 aromatic carbocycles. The van der Waals surface area contributed by atoms with Crippen LogP contribution in [0.2, 0.25) is 0 Å². The number of phenolic OH excluding ortho intramolecular Hbond substituents is 2. The molecule has 0 heterocycles. The van der Waals surface area contributed by atoms with Crippen molar-refractivity contribution in [2.75, 3.05) is 6.61 Å². The molecule has 120 valence electrons. The normalized spacial score (nSPS) is 11.1. The molecule has 0 saturated carbocycles. The molecule has 0 fully saturated rings. The van der Waals surface area contributed by atoms with Gasteiger partial charge in [0.15, 0.2) is 6.61 Å². The summed E-state index contributed by atoms with van der Waals surface area (Å²) < 4.78 is 5.41. The van der Waals surface area contributed by atoms with Gasteiger partial charge in [0.2, 0.25) is 0 Å². The average molecular weight is 314 g/mol. The first-order valence-electron chi connectivity index (χ1n) is 7.01. The van der Waals surface area contributed by atoms with Gasteiger partial charge in [0.1, 0.15) is 17.2 Å². The van der Waals surface area contributed by atoms with Crippen molar-refractivity contribution in [3.05, 3.63) is 53.6 Å². The summed E-state index contributed by atoms with van der Waals surface area (Å²) >= 11 is 0. The topological polar surface area (TPSA) is 91.2 Å². The molecular weight excluding hydrogens is 296 g/mol. The number of para-hydroxylation sites is 1. The number of phenols is 2. The minimum absolute atomic E-state index is 0.00145. The minimum atomic E-state index is -0.424. The van der Waals surface area contributed by atoms with Crippen LogP contribution in [0.1, 0.15) is 18.1 Å². The molecular formula is C17H18N2O4. The lowest BCUT2D eigenvalue weighted by Crippen LogP contribution is -2.25. The fourth-order valence-corrected chi connectivity index (χ4v) is 1.91. The van der Waals surface area contributed by atoms with Crippen molar-refractivity contribution in [3.63, 3.8) is 0 Å². The maximum absolute atomic E-state index is 11.8. The Morgan fingerprint density at radius 3 is 2.70 bits per heavy atom. The molecule has 6 heteroatoms. The summed E-state index contributed by atoms with van der Waals surface area (Å²) in [5.74, 6) is 0.178. The predicted molar refractivity (Wildman–Crippen MR) is 86.8 cm³/mol. The minimum Gasteiger partial charge on any atom is -0.508 e. The number of hydrogen-bond acceptors (Lipinski definition) is 5. The van der Waals surface area contributed by atoms with Gasteiger partial charge in [-0.2, -0.15) is 5.10 Å². The summed E-state index contributed by atoms with van der Waals surface area (Å²) in [7, 11) is 0. The van der Waals surface area contributed by atoms with E-state index in [4.69, 9.17) is 4.74 Å². The Morgan fingerprint density at radius 1 is 1.22 bits per heavy atom. The zero-order chi connectivity index (χ0) is 16.8. The van der Waals surface area contributed by atoms with E-state index in [1.54, 1.807) is 13.0 Å². The van der Waals surface area contributed by atoms with Crippen LogP contribution in [0.3, 0.4) is 0 Å². The lowest BCUT2D eigenvalue weighted by atomic mass is 10.1. The highest BCUT2D eigenvalue weighted by atomic mass is 16.5. The maximum atomic E-state index is 11.8. The van der Waals surface area contributed by atoms with Gasteiger partial charge in [-0.15, -0.1) is 0 Å². The van der Waals surface area contributed by atoms with Crippen molar-refractivity contribution in [1.29, 1.82) is 0 Å². The molecule has 0 aliphatic heterocycles. The van der Waals surface area contributed by atoms with Crippen molar-refractivity contribution in [3.8, 4) is 17.2 Å². The van der Waals surface area contributed by atoms with Gasteiger partial charge in [-0.1, -0.05) is 18.2 Å². The molecule has 2 aromatic rings. The highest BCUT2D eigenvalue weighted by molar-refractivity contribution is 6.01.